The van der Waals surface area contributed by atoms with Gasteiger partial charge in [0, 0.05) is 22.1 Å². The van der Waals surface area contributed by atoms with Gasteiger partial charge in [0.05, 0.1) is 30.0 Å². The van der Waals surface area contributed by atoms with Crippen LogP contribution in [0.3, 0.4) is 0 Å². The van der Waals surface area contributed by atoms with Crippen molar-refractivity contribution in [3.8, 4) is 0 Å². The summed E-state index contributed by atoms with van der Waals surface area (Å²) in [6, 6.07) is 9.41. The molecule has 0 bridgehead atoms. The maximum absolute atomic E-state index is 13.4. The maximum Gasteiger partial charge on any atom is 0.416 e. The Balaban J connectivity index is 1.64. The van der Waals surface area contributed by atoms with E-state index in [4.69, 9.17) is 4.74 Å². The number of Topliss-reactive ketones (excluding diaryl/α,β-unsaturated/α-hetero) is 1. The molecule has 39 heavy (non-hydrogen) atoms. The number of fused-ring (bicyclic) bond motifs is 1. The lowest BCUT2D eigenvalue weighted by molar-refractivity contribution is -0.150. The topological polar surface area (TPSA) is 91.2 Å². The molecule has 1 aliphatic rings. The number of hydrogen-bond donors (Lipinski definition) is 1. The molecule has 0 saturated heterocycles. The molecule has 0 radical (unpaired) electrons. The van der Waals surface area contributed by atoms with E-state index in [0.29, 0.717) is 29.1 Å². The van der Waals surface area contributed by atoms with Crippen LogP contribution >= 0.6 is 22.7 Å². The molecule has 3 aromatic rings. The van der Waals surface area contributed by atoms with Gasteiger partial charge in [0.25, 0.3) is 5.56 Å². The zero-order chi connectivity index (χ0) is 28.5. The largest absolute Gasteiger partial charge is 0.465 e. The van der Waals surface area contributed by atoms with Gasteiger partial charge in [0.15, 0.2) is 5.78 Å². The van der Waals surface area contributed by atoms with Crippen LogP contribution in [0.15, 0.2) is 52.2 Å². The number of esters is 1. The van der Waals surface area contributed by atoms with Crippen LogP contribution in [0.25, 0.3) is 10.9 Å². The zero-order valence-electron chi connectivity index (χ0n) is 21.8. The van der Waals surface area contributed by atoms with Gasteiger partial charge in [-0.2, -0.15) is 13.2 Å². The Morgan fingerprint density at radius 1 is 1.10 bits per heavy atom. The number of hydrogen-bond acceptors (Lipinski definition) is 7. The van der Waals surface area contributed by atoms with Gasteiger partial charge in [0.2, 0.25) is 0 Å². The molecule has 1 aliphatic carbocycles. The average molecular weight is 582 g/mol. The molecule has 2 aromatic carbocycles. The Labute approximate surface area is 230 Å². The number of benzene rings is 2. The molecule has 3 atom stereocenters. The van der Waals surface area contributed by atoms with Gasteiger partial charge in [-0.1, -0.05) is 17.3 Å². The smallest absolute Gasteiger partial charge is 0.416 e. The average Bonchev–Trinajstić information content (AvgIpc) is 3.28. The summed E-state index contributed by atoms with van der Waals surface area (Å²) >= 11 is 4.26. The summed E-state index contributed by atoms with van der Waals surface area (Å²) < 4.78 is 46.3. The highest BCUT2D eigenvalue weighted by Gasteiger charge is 2.46. The first-order valence-corrected chi connectivity index (χ1v) is 15.8. The molecule has 0 N–H and O–H groups in total. The second-order valence-corrected chi connectivity index (χ2v) is 15.8. The summed E-state index contributed by atoms with van der Waals surface area (Å²) in [5.74, 6) is -2.03. The molecule has 0 amide bonds. The first kappa shape index (κ1) is 29.1. The quantitative estimate of drug-likeness (QED) is 0.232. The number of ether oxygens (including phenoxy) is 1. The molecule has 4 rings (SSSR count). The molecule has 1 saturated carbocycles. The highest BCUT2D eigenvalue weighted by Crippen LogP contribution is 2.41. The van der Waals surface area contributed by atoms with Crippen LogP contribution in [0.4, 0.5) is 13.2 Å². The van der Waals surface area contributed by atoms with Gasteiger partial charge < -0.3 is 4.74 Å². The molecule has 0 unspecified atom stereocenters. The lowest BCUT2D eigenvalue weighted by Crippen LogP contribution is -2.36. The van der Waals surface area contributed by atoms with Crippen LogP contribution in [-0.2, 0) is 22.3 Å². The van der Waals surface area contributed by atoms with E-state index in [1.807, 2.05) is 0 Å². The van der Waals surface area contributed by atoms with Gasteiger partial charge in [-0.25, -0.2) is 14.7 Å². The number of thiol groups is 1. The van der Waals surface area contributed by atoms with E-state index in [-0.39, 0.29) is 29.8 Å². The first-order valence-electron chi connectivity index (χ1n) is 12.4. The molecular formula is C27H30F3N3O4S2. The number of aromatic nitrogens is 3. The van der Waals surface area contributed by atoms with Crippen LogP contribution in [0.2, 0.25) is 0 Å². The summed E-state index contributed by atoms with van der Waals surface area (Å²) in [5, 5.41) is 7.62. The van der Waals surface area contributed by atoms with E-state index in [1.165, 1.54) is 0 Å². The van der Waals surface area contributed by atoms with Crippen molar-refractivity contribution in [2.45, 2.75) is 30.5 Å². The van der Waals surface area contributed by atoms with Crippen molar-refractivity contribution >= 4 is 45.3 Å². The molecule has 1 aromatic heterocycles. The van der Waals surface area contributed by atoms with Crippen LogP contribution in [0.5, 0.6) is 0 Å². The summed E-state index contributed by atoms with van der Waals surface area (Å²) in [6.45, 7) is 0.133. The van der Waals surface area contributed by atoms with E-state index in [2.05, 4.69) is 41.7 Å². The van der Waals surface area contributed by atoms with Crippen LogP contribution in [0.1, 0.15) is 28.8 Å². The molecule has 12 heteroatoms. The van der Waals surface area contributed by atoms with Gasteiger partial charge in [0.1, 0.15) is 5.52 Å². The van der Waals surface area contributed by atoms with E-state index in [1.54, 1.807) is 24.3 Å². The fourth-order valence-corrected chi connectivity index (χ4v) is 5.59. The Hall–Kier alpha value is -2.86. The molecule has 0 spiro atoms. The van der Waals surface area contributed by atoms with Gasteiger partial charge in [-0.15, -0.1) is 17.7 Å². The second kappa shape index (κ2) is 11.3. The predicted molar refractivity (Wildman–Crippen MR) is 148 cm³/mol. The molecule has 210 valence electrons. The Morgan fingerprint density at radius 2 is 1.79 bits per heavy atom. The third-order valence-corrected chi connectivity index (χ3v) is 8.64. The van der Waals surface area contributed by atoms with Gasteiger partial charge in [-0.05, 0) is 67.9 Å². The van der Waals surface area contributed by atoms with Crippen LogP contribution in [-0.4, -0.2) is 57.9 Å². The first-order chi connectivity index (χ1) is 18.2. The van der Waals surface area contributed by atoms with Crippen molar-refractivity contribution in [2.75, 3.05) is 31.1 Å². The van der Waals surface area contributed by atoms with E-state index in [0.717, 1.165) is 22.9 Å². The van der Waals surface area contributed by atoms with Crippen molar-refractivity contribution in [3.63, 3.8) is 0 Å². The summed E-state index contributed by atoms with van der Waals surface area (Å²) in [4.78, 5) is 40.6. The molecule has 1 heterocycles. The normalized spacial score (nSPS) is 20.2. The molecular weight excluding hydrogens is 551 g/mol. The molecule has 7 nitrogen and oxygen atoms in total. The van der Waals surface area contributed by atoms with Crippen molar-refractivity contribution in [1.82, 2.24) is 15.0 Å². The zero-order valence-corrected chi connectivity index (χ0v) is 23.5. The summed E-state index contributed by atoms with van der Waals surface area (Å²) in [6.07, 6.45) is 2.51. The van der Waals surface area contributed by atoms with E-state index in [9.17, 15) is 27.6 Å². The number of ketones is 1. The minimum atomic E-state index is -4.62. The minimum absolute atomic E-state index is 0.0389. The summed E-state index contributed by atoms with van der Waals surface area (Å²) in [7, 11) is -0.918. The number of alkyl halides is 3. The second-order valence-electron chi connectivity index (χ2n) is 10.6. The highest BCUT2D eigenvalue weighted by molar-refractivity contribution is 8.32. The van der Waals surface area contributed by atoms with Crippen molar-refractivity contribution in [2.24, 2.45) is 17.8 Å². The Kier molecular flexibility index (Phi) is 8.46. The van der Waals surface area contributed by atoms with E-state index < -0.39 is 51.1 Å². The number of rotatable bonds is 8. The third-order valence-electron chi connectivity index (χ3n) is 6.95. The number of carbonyl (C=O) groups is 2. The Bertz CT molecular complexity index is 1440. The number of nitrogens with zero attached hydrogens (tertiary/aromatic N) is 3. The van der Waals surface area contributed by atoms with Crippen molar-refractivity contribution in [3.05, 3.63) is 63.9 Å². The maximum atomic E-state index is 13.4. The van der Waals surface area contributed by atoms with Crippen molar-refractivity contribution < 1.29 is 27.5 Å². The Morgan fingerprint density at radius 3 is 2.44 bits per heavy atom. The van der Waals surface area contributed by atoms with Crippen LogP contribution < -0.4 is 5.56 Å². The van der Waals surface area contributed by atoms with Crippen molar-refractivity contribution in [1.29, 1.82) is 0 Å². The summed E-state index contributed by atoms with van der Waals surface area (Å²) in [5.41, 5.74) is -1.23. The lowest BCUT2D eigenvalue weighted by Gasteiger charge is -2.26. The number of halogens is 3. The fraction of sp³-hybridized carbons (Fsp3) is 0.444. The predicted octanol–water partition coefficient (Wildman–Crippen LogP) is 4.86. The van der Waals surface area contributed by atoms with Crippen LogP contribution in [0, 0.1) is 17.8 Å². The highest BCUT2D eigenvalue weighted by atomic mass is 32.3. The fourth-order valence-electron chi connectivity index (χ4n) is 4.86. The minimum Gasteiger partial charge on any atom is -0.465 e. The number of carbonyl (C=O) groups excluding carboxylic acids is 2. The standard InChI is InChI=1S/C27H30F3N3O4S2/c1-39(2,3)13-12-37-26(36)23-17(6-10-20(23)24(34)16-4-8-19(38)9-5-16)15-33-25(35)21-14-18(27(28,29)30)7-11-22(21)31-32-33/h4-5,7-9,11,14,17,20,23,38H,6,10,12-13,15H2,1-3H3/t17-,20-,23-/m0/s1. The molecule has 1 fully saturated rings. The lowest BCUT2D eigenvalue weighted by atomic mass is 9.84. The van der Waals surface area contributed by atoms with Gasteiger partial charge >= 0.3 is 12.1 Å². The van der Waals surface area contributed by atoms with E-state index >= 15 is 0 Å². The van der Waals surface area contributed by atoms with Gasteiger partial charge in [-0.3, -0.25) is 14.4 Å². The monoisotopic (exact) mass is 581 g/mol. The SMILES string of the molecule is CS(C)(C)CCOC(=O)[C@H]1[C@H](Cn2nnc3ccc(C(F)(F)F)cc3c2=O)CC[C@@H]1C(=O)c1ccc(S)cc1. The molecule has 0 aliphatic heterocycles. The third kappa shape index (κ3) is 6.84.